The normalized spacial score (nSPS) is 14.8. The van der Waals surface area contributed by atoms with E-state index >= 15 is 0 Å². The molecule has 70 heavy (non-hydrogen) atoms. The summed E-state index contributed by atoms with van der Waals surface area (Å²) < 4.78 is 2.44. The lowest BCUT2D eigenvalue weighted by atomic mass is 9.69. The highest BCUT2D eigenvalue weighted by Gasteiger charge is 2.32. The molecule has 2 heteroatoms. The second kappa shape index (κ2) is 17.5. The molecular weight excluding hydrogens is 845 g/mol. The minimum Gasteiger partial charge on any atom is -0.309 e. The highest BCUT2D eigenvalue weighted by Crippen LogP contribution is 2.52. The van der Waals surface area contributed by atoms with Crippen molar-refractivity contribution in [3.63, 3.8) is 0 Å². The van der Waals surface area contributed by atoms with Crippen LogP contribution in [0.3, 0.4) is 0 Å². The van der Waals surface area contributed by atoms with Crippen LogP contribution in [0, 0.1) is 16.7 Å². The van der Waals surface area contributed by atoms with Gasteiger partial charge in [0.25, 0.3) is 0 Å². The summed E-state index contributed by atoms with van der Waals surface area (Å²) in [5.74, 6) is 0.414. The summed E-state index contributed by atoms with van der Waals surface area (Å²) in [4.78, 5) is 2.59. The van der Waals surface area contributed by atoms with Gasteiger partial charge in [0.05, 0.1) is 28.1 Å². The number of fused-ring (bicyclic) bond motifs is 4. The largest absolute Gasteiger partial charge is 0.309 e. The summed E-state index contributed by atoms with van der Waals surface area (Å²) in [6.45, 7) is 28.3. The van der Waals surface area contributed by atoms with Gasteiger partial charge in [0.15, 0.2) is 0 Å². The third kappa shape index (κ3) is 8.61. The zero-order valence-electron chi connectivity index (χ0n) is 43.6. The zero-order chi connectivity index (χ0) is 49.3. The van der Waals surface area contributed by atoms with Crippen molar-refractivity contribution in [3.8, 4) is 27.9 Å². The maximum absolute atomic E-state index is 2.59. The molecule has 0 fully saturated rings. The van der Waals surface area contributed by atoms with E-state index in [0.717, 1.165) is 29.2 Å². The molecule has 0 amide bonds. The Balaban J connectivity index is 1.30. The first-order valence-electron chi connectivity index (χ1n) is 25.4. The van der Waals surface area contributed by atoms with Crippen LogP contribution in [0.1, 0.15) is 106 Å². The molecule has 1 heterocycles. The first-order chi connectivity index (χ1) is 33.3. The fourth-order valence-electron chi connectivity index (χ4n) is 10.7. The third-order valence-corrected chi connectivity index (χ3v) is 14.9. The van der Waals surface area contributed by atoms with E-state index in [9.17, 15) is 0 Å². The second-order valence-corrected chi connectivity index (χ2v) is 24.0. The maximum Gasteiger partial charge on any atom is 0.0562 e. The van der Waals surface area contributed by atoms with Gasteiger partial charge in [0.2, 0.25) is 0 Å². The number of allylic oxidation sites excluding steroid dienone is 4. The first kappa shape index (κ1) is 46.8. The van der Waals surface area contributed by atoms with Crippen molar-refractivity contribution < 1.29 is 0 Å². The summed E-state index contributed by atoms with van der Waals surface area (Å²) in [6, 6.07) is 66.1. The molecule has 0 saturated carbocycles. The molecule has 0 aliphatic heterocycles. The van der Waals surface area contributed by atoms with Crippen molar-refractivity contribution in [2.24, 2.45) is 16.7 Å². The Morgan fingerprint density at radius 3 is 1.61 bits per heavy atom. The summed E-state index contributed by atoms with van der Waals surface area (Å²) in [5, 5.41) is 4.98. The summed E-state index contributed by atoms with van der Waals surface area (Å²) >= 11 is 0. The lowest BCUT2D eigenvalue weighted by molar-refractivity contribution is 0.292. The van der Waals surface area contributed by atoms with E-state index in [1.165, 1.54) is 82.7 Å². The first-order valence-corrected chi connectivity index (χ1v) is 25.4. The minimum absolute atomic E-state index is 0.0216. The van der Waals surface area contributed by atoms with Crippen LogP contribution in [0.4, 0.5) is 17.1 Å². The lowest BCUT2D eigenvalue weighted by Gasteiger charge is -2.36. The van der Waals surface area contributed by atoms with E-state index < -0.39 is 0 Å². The molecule has 0 radical (unpaired) electrons. The Hall–Kier alpha value is -6.90. The third-order valence-electron chi connectivity index (χ3n) is 14.9. The van der Waals surface area contributed by atoms with Crippen molar-refractivity contribution in [3.05, 3.63) is 210 Å². The highest BCUT2D eigenvalue weighted by molar-refractivity contribution is 6.18. The smallest absolute Gasteiger partial charge is 0.0562 e. The Labute approximate surface area is 418 Å². The molecule has 0 N–H and O–H groups in total. The molecule has 1 aliphatic carbocycles. The van der Waals surface area contributed by atoms with Gasteiger partial charge in [-0.25, -0.2) is 0 Å². The molecule has 9 aromatic rings. The van der Waals surface area contributed by atoms with Gasteiger partial charge >= 0.3 is 0 Å². The monoisotopic (exact) mass is 915 g/mol. The van der Waals surface area contributed by atoms with Gasteiger partial charge in [-0.1, -0.05) is 229 Å². The van der Waals surface area contributed by atoms with Crippen molar-refractivity contribution in [1.29, 1.82) is 0 Å². The molecule has 1 atom stereocenters. The van der Waals surface area contributed by atoms with Gasteiger partial charge < -0.3 is 9.47 Å². The molecule has 0 saturated heterocycles. The number of rotatable bonds is 7. The van der Waals surface area contributed by atoms with Crippen LogP contribution in [0.25, 0.3) is 66.1 Å². The molecular formula is C68H70N2. The number of hydrogen-bond acceptors (Lipinski definition) is 1. The van der Waals surface area contributed by atoms with E-state index in [1.54, 1.807) is 0 Å². The zero-order valence-corrected chi connectivity index (χ0v) is 43.6. The molecule has 1 unspecified atom stereocenters. The molecule has 8 aromatic carbocycles. The predicted octanol–water partition coefficient (Wildman–Crippen LogP) is 19.8. The summed E-state index contributed by atoms with van der Waals surface area (Å²) in [6.07, 6.45) is 6.08. The molecule has 1 aromatic heterocycles. The van der Waals surface area contributed by atoms with E-state index in [0.29, 0.717) is 5.92 Å². The van der Waals surface area contributed by atoms with Gasteiger partial charge in [0, 0.05) is 27.6 Å². The van der Waals surface area contributed by atoms with Crippen LogP contribution in [0.5, 0.6) is 0 Å². The molecule has 352 valence electrons. The van der Waals surface area contributed by atoms with Crippen LogP contribution in [-0.4, -0.2) is 4.57 Å². The number of aromatic nitrogens is 1. The molecule has 2 nitrogen and oxygen atoms in total. The van der Waals surface area contributed by atoms with Crippen LogP contribution in [0.15, 0.2) is 194 Å². The average Bonchev–Trinajstić information content (AvgIpc) is 3.68. The molecule has 0 bridgehead atoms. The van der Waals surface area contributed by atoms with Crippen LogP contribution in [0.2, 0.25) is 0 Å². The molecule has 1 aliphatic rings. The number of nitrogens with zero attached hydrogens (tertiary/aromatic N) is 2. The fourth-order valence-corrected chi connectivity index (χ4v) is 10.7. The predicted molar refractivity (Wildman–Crippen MR) is 304 cm³/mol. The Morgan fingerprint density at radius 1 is 0.443 bits per heavy atom. The van der Waals surface area contributed by atoms with E-state index in [2.05, 4.69) is 281 Å². The number of anilines is 3. The Bertz CT molecular complexity index is 3450. The molecule has 0 spiro atoms. The maximum atomic E-state index is 2.59. The van der Waals surface area contributed by atoms with E-state index in [4.69, 9.17) is 0 Å². The van der Waals surface area contributed by atoms with Gasteiger partial charge in [-0.15, -0.1) is 0 Å². The SMILES string of the molecule is CC(C)(C)C1=CC(C(C)(C)C)CC(c2cccc3cccc(-c4ccccc4N(c4ccccc4-c4cc(C(C)(C)C)cc(C(C)(C)C)c4)c4cccc5c4c4ccccc4n5-c4ccccc4)c23)=C1. The number of benzene rings is 8. The topological polar surface area (TPSA) is 8.17 Å². The quantitative estimate of drug-likeness (QED) is 0.155. The number of para-hydroxylation sites is 4. The van der Waals surface area contributed by atoms with E-state index in [1.807, 2.05) is 0 Å². The number of hydrogen-bond donors (Lipinski definition) is 0. The summed E-state index contributed by atoms with van der Waals surface area (Å²) in [5.41, 5.74) is 18.6. The van der Waals surface area contributed by atoms with Crippen molar-refractivity contribution >= 4 is 55.2 Å². The lowest BCUT2D eigenvalue weighted by Crippen LogP contribution is -2.23. The molecule has 10 rings (SSSR count). The second-order valence-electron chi connectivity index (χ2n) is 24.0. The Kier molecular flexibility index (Phi) is 11.7. The van der Waals surface area contributed by atoms with Crippen LogP contribution < -0.4 is 4.90 Å². The van der Waals surface area contributed by atoms with Gasteiger partial charge in [-0.3, -0.25) is 0 Å². The average molecular weight is 915 g/mol. The minimum atomic E-state index is -0.0434. The highest BCUT2D eigenvalue weighted by atomic mass is 15.2. The fraction of sp³-hybridized carbons (Fsp3) is 0.265. The van der Waals surface area contributed by atoms with Crippen LogP contribution >= 0.6 is 0 Å². The van der Waals surface area contributed by atoms with Gasteiger partial charge in [-0.05, 0) is 126 Å². The van der Waals surface area contributed by atoms with Gasteiger partial charge in [0.1, 0.15) is 0 Å². The van der Waals surface area contributed by atoms with Crippen molar-refractivity contribution in [2.45, 2.75) is 100 Å². The standard InChI is InChI=1S/C68H70N2/c1-65(2,3)48-39-46(40-49(43-48)66(4,5)6)53-29-16-19-34-58(53)70(62-38-24-37-61-64(62)57-31-18-21-36-60(57)69(61)52-27-14-13-15-28-52)59-35-20-17-30-55(59)56-33-23-26-45-25-22-32-54(63(45)56)47-41-50(67(7,8)9)44-51(42-47)68(10,11)12/h13-41,43-44,51H,42H2,1-12H3. The summed E-state index contributed by atoms with van der Waals surface area (Å²) in [7, 11) is 0. The Morgan fingerprint density at radius 2 is 0.971 bits per heavy atom. The van der Waals surface area contributed by atoms with Gasteiger partial charge in [-0.2, -0.15) is 0 Å². The van der Waals surface area contributed by atoms with E-state index in [-0.39, 0.29) is 21.7 Å². The van der Waals surface area contributed by atoms with Crippen LogP contribution in [-0.2, 0) is 10.8 Å². The van der Waals surface area contributed by atoms with Crippen molar-refractivity contribution in [2.75, 3.05) is 4.90 Å². The van der Waals surface area contributed by atoms with Crippen molar-refractivity contribution in [1.82, 2.24) is 4.57 Å².